The highest BCUT2D eigenvalue weighted by Crippen LogP contribution is 2.36. The topological polar surface area (TPSA) is 113 Å². The third-order valence-corrected chi connectivity index (χ3v) is 9.57. The Morgan fingerprint density at radius 2 is 1.77 bits per heavy atom. The number of rotatable bonds is 8. The van der Waals surface area contributed by atoms with Gasteiger partial charge in [0.25, 0.3) is 11.2 Å². The molecular formula is C31H24Br3N3O6S. The molecule has 0 unspecified atom stereocenters. The minimum absolute atomic E-state index is 0.111. The zero-order valence-electron chi connectivity index (χ0n) is 23.6. The van der Waals surface area contributed by atoms with Crippen LogP contribution in [0.4, 0.5) is 5.69 Å². The lowest BCUT2D eigenvalue weighted by Gasteiger charge is -2.24. The molecule has 0 saturated heterocycles. The van der Waals surface area contributed by atoms with Crippen LogP contribution in [0.1, 0.15) is 42.1 Å². The molecule has 1 aromatic heterocycles. The van der Waals surface area contributed by atoms with Gasteiger partial charge in [0.2, 0.25) is 0 Å². The van der Waals surface area contributed by atoms with Gasteiger partial charge in [0.15, 0.2) is 4.80 Å². The Morgan fingerprint density at radius 3 is 2.41 bits per heavy atom. The first-order chi connectivity index (χ1) is 21.0. The van der Waals surface area contributed by atoms with Crippen LogP contribution in [0.15, 0.2) is 89.1 Å². The van der Waals surface area contributed by atoms with Crippen molar-refractivity contribution >= 4 is 76.9 Å². The molecule has 9 nitrogen and oxygen atoms in total. The second kappa shape index (κ2) is 13.3. The van der Waals surface area contributed by atoms with Crippen molar-refractivity contribution in [2.45, 2.75) is 33.4 Å². The van der Waals surface area contributed by atoms with E-state index in [1.807, 2.05) is 36.4 Å². The summed E-state index contributed by atoms with van der Waals surface area (Å²) in [6, 6.07) is 15.3. The molecule has 13 heteroatoms. The molecule has 4 aromatic rings. The van der Waals surface area contributed by atoms with Crippen molar-refractivity contribution in [2.75, 3.05) is 6.61 Å². The Kier molecular flexibility index (Phi) is 9.68. The Labute approximate surface area is 281 Å². The number of allylic oxidation sites excluding steroid dienone is 1. The Bertz CT molecular complexity index is 2000. The fourth-order valence-electron chi connectivity index (χ4n) is 4.79. The van der Waals surface area contributed by atoms with Crippen molar-refractivity contribution in [2.24, 2.45) is 4.99 Å². The van der Waals surface area contributed by atoms with Gasteiger partial charge < -0.3 is 9.47 Å². The highest BCUT2D eigenvalue weighted by atomic mass is 79.9. The summed E-state index contributed by atoms with van der Waals surface area (Å²) in [5.41, 5.74) is 2.62. The fourth-order valence-corrected chi connectivity index (χ4v) is 7.55. The van der Waals surface area contributed by atoms with E-state index in [9.17, 15) is 19.7 Å². The number of aromatic nitrogens is 1. The molecular weight excluding hydrogens is 782 g/mol. The first-order valence-corrected chi connectivity index (χ1v) is 16.5. The van der Waals surface area contributed by atoms with E-state index in [0.717, 1.165) is 10.0 Å². The number of fused-ring (bicyclic) bond motifs is 1. The van der Waals surface area contributed by atoms with Crippen LogP contribution in [-0.4, -0.2) is 22.1 Å². The van der Waals surface area contributed by atoms with Gasteiger partial charge in [-0.15, -0.1) is 0 Å². The molecule has 44 heavy (non-hydrogen) atoms. The maximum absolute atomic E-state index is 14.0. The van der Waals surface area contributed by atoms with Gasteiger partial charge in [-0.25, -0.2) is 9.79 Å². The van der Waals surface area contributed by atoms with Crippen LogP contribution >= 0.6 is 59.1 Å². The van der Waals surface area contributed by atoms with Crippen LogP contribution in [0.2, 0.25) is 0 Å². The third-order valence-electron chi connectivity index (χ3n) is 6.88. The van der Waals surface area contributed by atoms with Crippen molar-refractivity contribution in [1.82, 2.24) is 4.57 Å². The number of thiazole rings is 1. The van der Waals surface area contributed by atoms with Crippen molar-refractivity contribution < 1.29 is 19.2 Å². The molecule has 2 heterocycles. The zero-order chi connectivity index (χ0) is 31.7. The maximum Gasteiger partial charge on any atom is 0.338 e. The molecule has 1 atom stereocenters. The van der Waals surface area contributed by atoms with Crippen LogP contribution in [0, 0.1) is 17.0 Å². The highest BCUT2D eigenvalue weighted by molar-refractivity contribution is 9.11. The second-order valence-electron chi connectivity index (χ2n) is 9.83. The van der Waals surface area contributed by atoms with Gasteiger partial charge in [-0.1, -0.05) is 51.5 Å². The summed E-state index contributed by atoms with van der Waals surface area (Å²) in [5, 5.41) is 11.8. The molecule has 0 amide bonds. The zero-order valence-corrected chi connectivity index (χ0v) is 29.2. The van der Waals surface area contributed by atoms with Gasteiger partial charge in [0.1, 0.15) is 12.4 Å². The maximum atomic E-state index is 14.0. The summed E-state index contributed by atoms with van der Waals surface area (Å²) < 4.78 is 15.5. The second-order valence-corrected chi connectivity index (χ2v) is 13.5. The number of hydrogen-bond acceptors (Lipinski definition) is 8. The monoisotopic (exact) mass is 803 g/mol. The minimum Gasteiger partial charge on any atom is -0.487 e. The van der Waals surface area contributed by atoms with E-state index in [-0.39, 0.29) is 23.4 Å². The summed E-state index contributed by atoms with van der Waals surface area (Å²) in [5.74, 6) is -0.0231. The molecule has 0 saturated carbocycles. The predicted octanol–water partition coefficient (Wildman–Crippen LogP) is 6.88. The molecule has 0 aliphatic carbocycles. The van der Waals surface area contributed by atoms with Gasteiger partial charge in [0.05, 0.1) is 42.3 Å². The summed E-state index contributed by atoms with van der Waals surface area (Å²) in [6.07, 6.45) is 1.73. The van der Waals surface area contributed by atoms with Gasteiger partial charge in [0, 0.05) is 16.1 Å². The number of hydrogen-bond donors (Lipinski definition) is 0. The highest BCUT2D eigenvalue weighted by Gasteiger charge is 2.34. The van der Waals surface area contributed by atoms with E-state index in [1.165, 1.54) is 22.0 Å². The first kappa shape index (κ1) is 32.0. The first-order valence-electron chi connectivity index (χ1n) is 13.3. The fraction of sp³-hybridized carbons (Fsp3) is 0.194. The smallest absolute Gasteiger partial charge is 0.338 e. The van der Waals surface area contributed by atoms with Crippen molar-refractivity contribution in [3.05, 3.63) is 131 Å². The molecule has 5 rings (SSSR count). The summed E-state index contributed by atoms with van der Waals surface area (Å²) in [7, 11) is 0. The average molecular weight is 806 g/mol. The molecule has 0 radical (unpaired) electrons. The standard InChI is InChI=1S/C31H24Br3N3O6S/c1-4-42-30(39)26-17(3)35-31-36(27(26)20-8-5-16(2)24(14-20)37(40)41)29(38)25(44-31)13-19-11-22(33)28(23(34)12-19)43-15-18-6-9-21(32)10-7-18/h5-14,27H,4,15H2,1-3H3/b25-13+/t27-/m1/s1. The number of nitrogens with zero attached hydrogens (tertiary/aromatic N) is 3. The Morgan fingerprint density at radius 1 is 1.09 bits per heavy atom. The number of benzene rings is 3. The lowest BCUT2D eigenvalue weighted by molar-refractivity contribution is -0.385. The molecule has 0 fully saturated rings. The number of aryl methyl sites for hydroxylation is 1. The molecule has 1 aliphatic heterocycles. The van der Waals surface area contributed by atoms with Crippen LogP contribution in [0.3, 0.4) is 0 Å². The molecule has 1 aliphatic rings. The molecule has 0 N–H and O–H groups in total. The number of ether oxygens (including phenoxy) is 2. The Hall–Kier alpha value is -3.39. The normalized spacial score (nSPS) is 14.7. The quantitative estimate of drug-likeness (QED) is 0.109. The van der Waals surface area contributed by atoms with E-state index in [0.29, 0.717) is 53.0 Å². The summed E-state index contributed by atoms with van der Waals surface area (Å²) in [4.78, 5) is 43.3. The van der Waals surface area contributed by atoms with E-state index >= 15 is 0 Å². The number of carbonyl (C=O) groups excluding carboxylic acids is 1. The number of nitro benzene ring substituents is 1. The molecule has 0 spiro atoms. The van der Waals surface area contributed by atoms with Crippen molar-refractivity contribution in [1.29, 1.82) is 0 Å². The van der Waals surface area contributed by atoms with Gasteiger partial charge in [-0.3, -0.25) is 19.5 Å². The number of carbonyl (C=O) groups is 1. The van der Waals surface area contributed by atoms with Gasteiger partial charge in [-0.2, -0.15) is 0 Å². The number of halogens is 3. The largest absolute Gasteiger partial charge is 0.487 e. The van der Waals surface area contributed by atoms with Crippen molar-refractivity contribution in [3.63, 3.8) is 0 Å². The van der Waals surface area contributed by atoms with Gasteiger partial charge in [-0.05, 0) is 99.7 Å². The van der Waals surface area contributed by atoms with E-state index in [1.54, 1.807) is 39.0 Å². The minimum atomic E-state index is -0.959. The summed E-state index contributed by atoms with van der Waals surface area (Å²) >= 11 is 11.8. The van der Waals surface area contributed by atoms with Crippen LogP contribution in [0.25, 0.3) is 6.08 Å². The van der Waals surface area contributed by atoms with E-state index in [4.69, 9.17) is 9.47 Å². The van der Waals surface area contributed by atoms with E-state index in [2.05, 4.69) is 52.8 Å². The number of esters is 1. The third kappa shape index (κ3) is 6.51. The van der Waals surface area contributed by atoms with Crippen LogP contribution < -0.4 is 19.6 Å². The summed E-state index contributed by atoms with van der Waals surface area (Å²) in [6.45, 7) is 5.46. The van der Waals surface area contributed by atoms with Crippen LogP contribution in [0.5, 0.6) is 5.75 Å². The van der Waals surface area contributed by atoms with Crippen molar-refractivity contribution in [3.8, 4) is 5.75 Å². The average Bonchev–Trinajstić information content (AvgIpc) is 3.26. The van der Waals surface area contributed by atoms with Gasteiger partial charge >= 0.3 is 5.97 Å². The van der Waals surface area contributed by atoms with E-state index < -0.39 is 16.9 Å². The molecule has 0 bridgehead atoms. The molecule has 3 aromatic carbocycles. The molecule has 226 valence electrons. The lowest BCUT2D eigenvalue weighted by Crippen LogP contribution is -2.40. The lowest BCUT2D eigenvalue weighted by atomic mass is 9.94. The predicted molar refractivity (Wildman–Crippen MR) is 179 cm³/mol. The number of nitro groups is 1. The van der Waals surface area contributed by atoms with Crippen LogP contribution in [-0.2, 0) is 16.1 Å². The Balaban J connectivity index is 1.58. The SMILES string of the molecule is CCOC(=O)C1=C(C)N=c2s/c(=C/c3cc(Br)c(OCc4ccc(Br)cc4)c(Br)c3)c(=O)n2[C@@H]1c1ccc(C)c([N+](=O)[O-])c1.